The van der Waals surface area contributed by atoms with E-state index in [1.165, 1.54) is 6.07 Å². The second-order valence-corrected chi connectivity index (χ2v) is 5.82. The zero-order valence-electron chi connectivity index (χ0n) is 11.7. The Morgan fingerprint density at radius 2 is 1.95 bits per heavy atom. The molecule has 2 rings (SSSR count). The average Bonchev–Trinajstić information content (AvgIpc) is 2.46. The molecule has 106 valence electrons. The standard InChI is InChI=1S/C16H18FNOS/c1-11(10-20-2)9-18-16(19)14-7-8-15(17)13-6-4-3-5-12(13)14/h3-8,11H,9-10H2,1-2H3,(H,18,19). The fraction of sp³-hybridized carbons (Fsp3) is 0.312. The third kappa shape index (κ3) is 3.31. The zero-order valence-corrected chi connectivity index (χ0v) is 12.5. The molecule has 0 bridgehead atoms. The van der Waals surface area contributed by atoms with Gasteiger partial charge < -0.3 is 5.32 Å². The van der Waals surface area contributed by atoms with E-state index in [2.05, 4.69) is 12.2 Å². The molecule has 2 aromatic rings. The predicted octanol–water partition coefficient (Wildman–Crippen LogP) is 3.71. The van der Waals surface area contributed by atoms with Crippen molar-refractivity contribution in [3.05, 3.63) is 47.8 Å². The minimum atomic E-state index is -0.298. The van der Waals surface area contributed by atoms with E-state index in [0.29, 0.717) is 28.8 Å². The molecule has 20 heavy (non-hydrogen) atoms. The van der Waals surface area contributed by atoms with E-state index in [1.54, 1.807) is 36.0 Å². The lowest BCUT2D eigenvalue weighted by molar-refractivity contribution is 0.0951. The topological polar surface area (TPSA) is 29.1 Å². The van der Waals surface area contributed by atoms with Gasteiger partial charge in [-0.1, -0.05) is 31.2 Å². The van der Waals surface area contributed by atoms with E-state index in [4.69, 9.17) is 0 Å². The van der Waals surface area contributed by atoms with E-state index in [-0.39, 0.29) is 11.7 Å². The summed E-state index contributed by atoms with van der Waals surface area (Å²) in [5.41, 5.74) is 0.526. The molecular formula is C16H18FNOS. The second kappa shape index (κ2) is 6.75. The van der Waals surface area contributed by atoms with Crippen LogP contribution in [0.2, 0.25) is 0 Å². The monoisotopic (exact) mass is 291 g/mol. The number of amides is 1. The highest BCUT2D eigenvalue weighted by atomic mass is 32.2. The van der Waals surface area contributed by atoms with Crippen LogP contribution in [0.25, 0.3) is 10.8 Å². The van der Waals surface area contributed by atoms with Gasteiger partial charge in [-0.25, -0.2) is 4.39 Å². The maximum Gasteiger partial charge on any atom is 0.251 e. The first kappa shape index (κ1) is 14.9. The quantitative estimate of drug-likeness (QED) is 0.910. The van der Waals surface area contributed by atoms with E-state index in [0.717, 1.165) is 5.75 Å². The minimum absolute atomic E-state index is 0.144. The molecule has 0 aromatic heterocycles. The molecular weight excluding hydrogens is 273 g/mol. The van der Waals surface area contributed by atoms with E-state index in [1.807, 2.05) is 12.3 Å². The molecule has 0 spiro atoms. The Morgan fingerprint density at radius 1 is 1.25 bits per heavy atom. The summed E-state index contributed by atoms with van der Waals surface area (Å²) in [5, 5.41) is 4.06. The van der Waals surface area contributed by atoms with Crippen LogP contribution >= 0.6 is 11.8 Å². The zero-order chi connectivity index (χ0) is 14.5. The van der Waals surface area contributed by atoms with E-state index in [9.17, 15) is 9.18 Å². The third-order valence-corrected chi connectivity index (χ3v) is 4.08. The number of hydrogen-bond donors (Lipinski definition) is 1. The Hall–Kier alpha value is -1.55. The molecule has 1 unspecified atom stereocenters. The fourth-order valence-corrected chi connectivity index (χ4v) is 2.85. The Kier molecular flexibility index (Phi) is 5.01. The highest BCUT2D eigenvalue weighted by Crippen LogP contribution is 2.21. The maximum atomic E-state index is 13.7. The van der Waals surface area contributed by atoms with Crippen molar-refractivity contribution in [3.8, 4) is 0 Å². The first-order valence-electron chi connectivity index (χ1n) is 6.58. The van der Waals surface area contributed by atoms with Crippen LogP contribution in [0.5, 0.6) is 0 Å². The average molecular weight is 291 g/mol. The van der Waals surface area contributed by atoms with Gasteiger partial charge in [0.1, 0.15) is 5.82 Å². The molecule has 0 fully saturated rings. The second-order valence-electron chi connectivity index (χ2n) is 4.91. The number of rotatable bonds is 5. The lowest BCUT2D eigenvalue weighted by Gasteiger charge is -2.12. The lowest BCUT2D eigenvalue weighted by atomic mass is 10.0. The van der Waals surface area contributed by atoms with E-state index >= 15 is 0 Å². The van der Waals surface area contributed by atoms with Gasteiger partial charge >= 0.3 is 0 Å². The third-order valence-electron chi connectivity index (χ3n) is 3.18. The van der Waals surface area contributed by atoms with Crippen molar-refractivity contribution in [2.24, 2.45) is 5.92 Å². The smallest absolute Gasteiger partial charge is 0.251 e. The SMILES string of the molecule is CSCC(C)CNC(=O)c1ccc(F)c2ccccc12. The summed E-state index contributed by atoms with van der Waals surface area (Å²) in [6.07, 6.45) is 2.05. The number of nitrogens with one attached hydrogen (secondary N) is 1. The Morgan fingerprint density at radius 3 is 2.65 bits per heavy atom. The van der Waals surface area contributed by atoms with Crippen LogP contribution in [-0.2, 0) is 0 Å². The summed E-state index contributed by atoms with van der Waals surface area (Å²) in [6, 6.07) is 9.95. The molecule has 0 aliphatic carbocycles. The molecule has 1 atom stereocenters. The van der Waals surface area contributed by atoms with Crippen LogP contribution in [0.4, 0.5) is 4.39 Å². The number of carbonyl (C=O) groups is 1. The van der Waals surface area contributed by atoms with Gasteiger partial charge in [-0.05, 0) is 35.4 Å². The van der Waals surface area contributed by atoms with Gasteiger partial charge in [0, 0.05) is 17.5 Å². The molecule has 0 saturated carbocycles. The van der Waals surface area contributed by atoms with Crippen molar-refractivity contribution in [3.63, 3.8) is 0 Å². The van der Waals surface area contributed by atoms with Gasteiger partial charge in [-0.2, -0.15) is 11.8 Å². The molecule has 2 aromatic carbocycles. The predicted molar refractivity (Wildman–Crippen MR) is 83.8 cm³/mol. The molecule has 4 heteroatoms. The number of benzene rings is 2. The van der Waals surface area contributed by atoms with Gasteiger partial charge in [0.05, 0.1) is 0 Å². The first-order chi connectivity index (χ1) is 9.63. The van der Waals surface area contributed by atoms with Crippen molar-refractivity contribution in [2.75, 3.05) is 18.6 Å². The van der Waals surface area contributed by atoms with Crippen molar-refractivity contribution in [1.82, 2.24) is 5.32 Å². The van der Waals surface area contributed by atoms with Gasteiger partial charge in [-0.15, -0.1) is 0 Å². The summed E-state index contributed by atoms with van der Waals surface area (Å²) in [7, 11) is 0. The highest BCUT2D eigenvalue weighted by Gasteiger charge is 2.12. The van der Waals surface area contributed by atoms with Crippen molar-refractivity contribution >= 4 is 28.4 Å². The summed E-state index contributed by atoms with van der Waals surface area (Å²) in [5.74, 6) is 0.979. The Labute approximate surface area is 122 Å². The van der Waals surface area contributed by atoms with Gasteiger partial charge in [0.15, 0.2) is 0 Å². The van der Waals surface area contributed by atoms with Crippen LogP contribution in [0.15, 0.2) is 36.4 Å². The summed E-state index contributed by atoms with van der Waals surface area (Å²) in [6.45, 7) is 2.73. The molecule has 0 radical (unpaired) electrons. The number of thioether (sulfide) groups is 1. The maximum absolute atomic E-state index is 13.7. The van der Waals surface area contributed by atoms with Crippen molar-refractivity contribution in [1.29, 1.82) is 0 Å². The van der Waals surface area contributed by atoms with Crippen LogP contribution < -0.4 is 5.32 Å². The van der Waals surface area contributed by atoms with Crippen molar-refractivity contribution < 1.29 is 9.18 Å². The molecule has 1 N–H and O–H groups in total. The van der Waals surface area contributed by atoms with Crippen molar-refractivity contribution in [2.45, 2.75) is 6.92 Å². The van der Waals surface area contributed by atoms with Gasteiger partial charge in [0.25, 0.3) is 5.91 Å². The number of hydrogen-bond acceptors (Lipinski definition) is 2. The molecule has 0 aliphatic heterocycles. The summed E-state index contributed by atoms with van der Waals surface area (Å²) >= 11 is 1.76. The largest absolute Gasteiger partial charge is 0.352 e. The molecule has 0 heterocycles. The first-order valence-corrected chi connectivity index (χ1v) is 7.97. The molecule has 0 aliphatic rings. The molecule has 1 amide bonds. The normalized spacial score (nSPS) is 12.3. The Bertz CT molecular complexity index is 614. The molecule has 0 saturated heterocycles. The van der Waals surface area contributed by atoms with Gasteiger partial charge in [-0.3, -0.25) is 4.79 Å². The highest BCUT2D eigenvalue weighted by molar-refractivity contribution is 7.98. The van der Waals surface area contributed by atoms with Crippen LogP contribution in [0, 0.1) is 11.7 Å². The number of fused-ring (bicyclic) bond motifs is 1. The Balaban J connectivity index is 2.20. The minimum Gasteiger partial charge on any atom is -0.352 e. The molecule has 2 nitrogen and oxygen atoms in total. The lowest BCUT2D eigenvalue weighted by Crippen LogP contribution is -2.29. The van der Waals surface area contributed by atoms with Crippen LogP contribution in [0.3, 0.4) is 0 Å². The van der Waals surface area contributed by atoms with Gasteiger partial charge in [0.2, 0.25) is 0 Å². The van der Waals surface area contributed by atoms with Crippen LogP contribution in [0.1, 0.15) is 17.3 Å². The number of carbonyl (C=O) groups excluding carboxylic acids is 1. The summed E-state index contributed by atoms with van der Waals surface area (Å²) < 4.78 is 13.7. The van der Waals surface area contributed by atoms with Crippen LogP contribution in [-0.4, -0.2) is 24.5 Å². The fourth-order valence-electron chi connectivity index (χ4n) is 2.17. The summed E-state index contributed by atoms with van der Waals surface area (Å²) in [4.78, 5) is 12.2. The number of halogens is 1. The van der Waals surface area contributed by atoms with E-state index < -0.39 is 0 Å².